The number of aromatic nitrogens is 2. The Kier molecular flexibility index (Phi) is 6.33. The molecule has 28 heavy (non-hydrogen) atoms. The van der Waals surface area contributed by atoms with Gasteiger partial charge in [0.15, 0.2) is 11.3 Å². The summed E-state index contributed by atoms with van der Waals surface area (Å²) in [6.45, 7) is 0.445. The molecule has 0 saturated carbocycles. The highest BCUT2D eigenvalue weighted by Gasteiger charge is 2.46. The van der Waals surface area contributed by atoms with Crippen molar-refractivity contribution >= 4 is 17.6 Å². The van der Waals surface area contributed by atoms with Crippen molar-refractivity contribution in [3.05, 3.63) is 53.3 Å². The summed E-state index contributed by atoms with van der Waals surface area (Å²) in [5.74, 6) is 3.96. The maximum atomic E-state index is 12.8. The third-order valence-electron chi connectivity index (χ3n) is 4.52. The van der Waals surface area contributed by atoms with Gasteiger partial charge in [-0.05, 0) is 31.2 Å². The number of nitrogens with zero attached hydrogens (tertiary/aromatic N) is 3. The normalized spacial score (nSPS) is 12.3. The largest absolute Gasteiger partial charge is 0.388 e. The summed E-state index contributed by atoms with van der Waals surface area (Å²) in [7, 11) is 4.51. The third kappa shape index (κ3) is 4.10. The minimum absolute atomic E-state index is 0.287. The van der Waals surface area contributed by atoms with Crippen molar-refractivity contribution in [3.8, 4) is 11.8 Å². The van der Waals surface area contributed by atoms with Gasteiger partial charge in [-0.3, -0.25) is 19.1 Å². The minimum atomic E-state index is -1.82. The second kappa shape index (κ2) is 8.50. The molecule has 1 aromatic carbocycles. The van der Waals surface area contributed by atoms with Gasteiger partial charge in [-0.15, -0.1) is 0 Å². The smallest absolute Gasteiger partial charge is 0.254 e. The molecule has 146 valence electrons. The Hall–Kier alpha value is -3.44. The van der Waals surface area contributed by atoms with E-state index >= 15 is 0 Å². The number of carbonyl (C=O) groups is 3. The monoisotopic (exact) mass is 382 g/mol. The van der Waals surface area contributed by atoms with Crippen molar-refractivity contribution in [2.75, 3.05) is 20.7 Å². The summed E-state index contributed by atoms with van der Waals surface area (Å²) in [5, 5.41) is 15.6. The van der Waals surface area contributed by atoms with Gasteiger partial charge in [-0.1, -0.05) is 11.8 Å². The highest BCUT2D eigenvalue weighted by atomic mass is 16.3. The Morgan fingerprint density at radius 1 is 1.21 bits per heavy atom. The van der Waals surface area contributed by atoms with E-state index in [1.807, 2.05) is 0 Å². The molecule has 2 rings (SSSR count). The van der Waals surface area contributed by atoms with Crippen LogP contribution in [0.4, 0.5) is 0 Å². The number of benzene rings is 1. The van der Waals surface area contributed by atoms with Gasteiger partial charge in [0.05, 0.1) is 11.8 Å². The summed E-state index contributed by atoms with van der Waals surface area (Å²) < 4.78 is 1.65. The Morgan fingerprint density at radius 3 is 2.32 bits per heavy atom. The second-order valence-corrected chi connectivity index (χ2v) is 6.33. The van der Waals surface area contributed by atoms with Crippen LogP contribution in [0.1, 0.15) is 28.4 Å². The van der Waals surface area contributed by atoms with Crippen molar-refractivity contribution < 1.29 is 19.5 Å². The first kappa shape index (κ1) is 20.9. The van der Waals surface area contributed by atoms with Gasteiger partial charge in [-0.25, -0.2) is 0 Å². The molecule has 2 N–H and O–H groups in total. The van der Waals surface area contributed by atoms with Gasteiger partial charge >= 0.3 is 0 Å². The van der Waals surface area contributed by atoms with Crippen molar-refractivity contribution in [2.45, 2.75) is 12.5 Å². The molecule has 8 nitrogen and oxygen atoms in total. The van der Waals surface area contributed by atoms with Gasteiger partial charge in [0.25, 0.3) is 11.8 Å². The fourth-order valence-corrected chi connectivity index (χ4v) is 2.59. The Morgan fingerprint density at radius 2 is 1.82 bits per heavy atom. The SMILES string of the molecule is CNC(=O)[C@@](C)(C(=O)CO)N(C)C(=O)c1ccc(C#Cc2cnn(C)c2)cc1. The topological polar surface area (TPSA) is 105 Å². The number of Topliss-reactive ketones (excluding diaryl/α,β-unsaturated/α-hetero) is 1. The zero-order valence-electron chi connectivity index (χ0n) is 16.2. The lowest BCUT2D eigenvalue weighted by atomic mass is 9.92. The van der Waals surface area contributed by atoms with E-state index in [1.54, 1.807) is 48.4 Å². The quantitative estimate of drug-likeness (QED) is 0.558. The number of likely N-dealkylation sites (N-methyl/N-ethyl adjacent to an activating group) is 2. The number of nitrogens with one attached hydrogen (secondary N) is 1. The van der Waals surface area contributed by atoms with Crippen LogP contribution in [0.15, 0.2) is 36.7 Å². The lowest BCUT2D eigenvalue weighted by Crippen LogP contribution is -2.62. The Bertz CT molecular complexity index is 935. The van der Waals surface area contributed by atoms with Crippen molar-refractivity contribution in [1.82, 2.24) is 20.0 Å². The molecule has 0 aliphatic heterocycles. The summed E-state index contributed by atoms with van der Waals surface area (Å²) in [4.78, 5) is 38.2. The number of ketones is 1. The molecule has 2 amide bonds. The van der Waals surface area contributed by atoms with Gasteiger partial charge in [0.1, 0.15) is 6.61 Å². The van der Waals surface area contributed by atoms with E-state index in [2.05, 4.69) is 22.3 Å². The molecule has 0 radical (unpaired) electrons. The number of hydrogen-bond acceptors (Lipinski definition) is 5. The molecule has 8 heteroatoms. The van der Waals surface area contributed by atoms with E-state index < -0.39 is 29.7 Å². The first-order valence-electron chi connectivity index (χ1n) is 8.49. The average molecular weight is 382 g/mol. The molecule has 1 heterocycles. The van der Waals surface area contributed by atoms with Crippen molar-refractivity contribution in [2.24, 2.45) is 7.05 Å². The van der Waals surface area contributed by atoms with Crippen LogP contribution in [0.25, 0.3) is 0 Å². The van der Waals surface area contributed by atoms with E-state index in [9.17, 15) is 19.5 Å². The molecule has 2 aromatic rings. The predicted octanol–water partition coefficient (Wildman–Crippen LogP) is -0.0420. The lowest BCUT2D eigenvalue weighted by Gasteiger charge is -2.35. The van der Waals surface area contributed by atoms with E-state index in [4.69, 9.17) is 0 Å². The second-order valence-electron chi connectivity index (χ2n) is 6.33. The van der Waals surface area contributed by atoms with E-state index in [0.29, 0.717) is 5.56 Å². The van der Waals surface area contributed by atoms with E-state index in [-0.39, 0.29) is 5.56 Å². The van der Waals surface area contributed by atoms with Crippen LogP contribution in [0.2, 0.25) is 0 Å². The van der Waals surface area contributed by atoms with Crippen LogP contribution in [0.3, 0.4) is 0 Å². The van der Waals surface area contributed by atoms with Crippen LogP contribution in [0, 0.1) is 11.8 Å². The highest BCUT2D eigenvalue weighted by molar-refractivity contribution is 6.14. The van der Waals surface area contributed by atoms with Crippen molar-refractivity contribution in [3.63, 3.8) is 0 Å². The zero-order chi connectivity index (χ0) is 20.9. The number of hydrogen-bond donors (Lipinski definition) is 2. The summed E-state index contributed by atoms with van der Waals surface area (Å²) >= 11 is 0. The van der Waals surface area contributed by atoms with Crippen LogP contribution >= 0.6 is 0 Å². The first-order chi connectivity index (χ1) is 13.2. The Labute approximate surface area is 163 Å². The van der Waals surface area contributed by atoms with E-state index in [0.717, 1.165) is 10.5 Å². The maximum Gasteiger partial charge on any atom is 0.254 e. The standard InChI is InChI=1S/C20H22N4O4/c1-20(17(26)13-25,19(28)21-2)24(4)18(27)16-9-7-14(8-10-16)5-6-15-11-22-23(3)12-15/h7-12,25H,13H2,1-4H3,(H,21,28)/t20-/m1/s1. The van der Waals surface area contributed by atoms with Crippen LogP contribution in [-0.4, -0.2) is 63.6 Å². The van der Waals surface area contributed by atoms with Crippen LogP contribution in [-0.2, 0) is 16.6 Å². The molecular formula is C20H22N4O4. The van der Waals surface area contributed by atoms with Gasteiger partial charge in [-0.2, -0.15) is 5.10 Å². The molecule has 0 bridgehead atoms. The number of aryl methyl sites for hydroxylation is 1. The molecule has 0 fully saturated rings. The summed E-state index contributed by atoms with van der Waals surface area (Å²) in [6.07, 6.45) is 3.44. The molecule has 0 aliphatic carbocycles. The number of aliphatic hydroxyl groups is 1. The Balaban J connectivity index is 2.24. The molecule has 0 aliphatic rings. The maximum absolute atomic E-state index is 12.8. The number of amides is 2. The number of aliphatic hydroxyl groups excluding tert-OH is 1. The lowest BCUT2D eigenvalue weighted by molar-refractivity contribution is -0.143. The average Bonchev–Trinajstić information content (AvgIpc) is 3.14. The van der Waals surface area contributed by atoms with Crippen LogP contribution < -0.4 is 5.32 Å². The minimum Gasteiger partial charge on any atom is -0.388 e. The summed E-state index contributed by atoms with van der Waals surface area (Å²) in [6, 6.07) is 6.49. The number of carbonyl (C=O) groups excluding carboxylic acids is 3. The fraction of sp³-hybridized carbons (Fsp3) is 0.300. The molecule has 1 atom stereocenters. The zero-order valence-corrected chi connectivity index (χ0v) is 16.2. The van der Waals surface area contributed by atoms with Gasteiger partial charge in [0.2, 0.25) is 0 Å². The molecule has 0 unspecified atom stereocenters. The van der Waals surface area contributed by atoms with Crippen molar-refractivity contribution in [1.29, 1.82) is 0 Å². The van der Waals surface area contributed by atoms with Gasteiger partial charge < -0.3 is 15.3 Å². The number of rotatable bonds is 5. The predicted molar refractivity (Wildman–Crippen MR) is 102 cm³/mol. The molecule has 1 aromatic heterocycles. The van der Waals surface area contributed by atoms with Crippen LogP contribution in [0.5, 0.6) is 0 Å². The molecule has 0 saturated heterocycles. The molecule has 0 spiro atoms. The fourth-order valence-electron chi connectivity index (χ4n) is 2.59. The third-order valence-corrected chi connectivity index (χ3v) is 4.52. The molecular weight excluding hydrogens is 360 g/mol. The van der Waals surface area contributed by atoms with E-state index in [1.165, 1.54) is 21.0 Å². The van der Waals surface area contributed by atoms with Gasteiger partial charge in [0, 0.05) is 38.5 Å². The first-order valence-corrected chi connectivity index (χ1v) is 8.49. The highest BCUT2D eigenvalue weighted by Crippen LogP contribution is 2.19. The summed E-state index contributed by atoms with van der Waals surface area (Å²) in [5.41, 5.74) is -0.0654.